The van der Waals surface area contributed by atoms with Gasteiger partial charge >= 0.3 is 0 Å². The summed E-state index contributed by atoms with van der Waals surface area (Å²) in [5, 5.41) is 9.83. The molecule has 1 N–H and O–H groups in total. The summed E-state index contributed by atoms with van der Waals surface area (Å²) in [7, 11) is 0. The van der Waals surface area contributed by atoms with Crippen molar-refractivity contribution < 1.29 is 5.11 Å². The number of hydrogen-bond acceptors (Lipinski definition) is 2. The molecule has 0 heterocycles. The van der Waals surface area contributed by atoms with E-state index in [4.69, 9.17) is 0 Å². The van der Waals surface area contributed by atoms with Gasteiger partial charge in [0.15, 0.2) is 0 Å². The average Bonchev–Trinajstić information content (AvgIpc) is 2.97. The molecule has 2 unspecified atom stereocenters. The van der Waals surface area contributed by atoms with E-state index in [-0.39, 0.29) is 6.10 Å². The topological polar surface area (TPSA) is 23.5 Å². The van der Waals surface area contributed by atoms with Crippen molar-refractivity contribution in [2.24, 2.45) is 5.41 Å². The first kappa shape index (κ1) is 11.4. The summed E-state index contributed by atoms with van der Waals surface area (Å²) in [5.74, 6) is 0. The van der Waals surface area contributed by atoms with Gasteiger partial charge in [-0.25, -0.2) is 0 Å². The van der Waals surface area contributed by atoms with Gasteiger partial charge in [-0.15, -0.1) is 0 Å². The molecule has 15 heavy (non-hydrogen) atoms. The van der Waals surface area contributed by atoms with Crippen molar-refractivity contribution in [3.05, 3.63) is 0 Å². The van der Waals surface area contributed by atoms with Crippen LogP contribution in [-0.2, 0) is 0 Å². The Morgan fingerprint density at radius 3 is 2.47 bits per heavy atom. The van der Waals surface area contributed by atoms with E-state index in [2.05, 4.69) is 25.7 Å². The van der Waals surface area contributed by atoms with Gasteiger partial charge in [0.1, 0.15) is 0 Å². The lowest BCUT2D eigenvalue weighted by Gasteiger charge is -2.46. The van der Waals surface area contributed by atoms with Gasteiger partial charge in [0.2, 0.25) is 0 Å². The second-order valence-corrected chi connectivity index (χ2v) is 5.99. The molecule has 0 aromatic carbocycles. The Morgan fingerprint density at radius 1 is 1.27 bits per heavy atom. The summed E-state index contributed by atoms with van der Waals surface area (Å²) in [6.07, 6.45) is 5.83. The highest BCUT2D eigenvalue weighted by molar-refractivity contribution is 4.97. The molecule has 2 fully saturated rings. The molecular weight excluding hydrogens is 186 g/mol. The van der Waals surface area contributed by atoms with E-state index in [0.29, 0.717) is 11.5 Å². The SMILES string of the molecule is CCN(C1CC1)C1CC(O)CCC1(C)C. The number of nitrogens with zero attached hydrogens (tertiary/aromatic N) is 1. The van der Waals surface area contributed by atoms with Gasteiger partial charge in [0.05, 0.1) is 6.10 Å². The zero-order valence-electron chi connectivity index (χ0n) is 10.4. The Morgan fingerprint density at radius 2 is 1.93 bits per heavy atom. The van der Waals surface area contributed by atoms with E-state index in [9.17, 15) is 5.11 Å². The van der Waals surface area contributed by atoms with Crippen LogP contribution < -0.4 is 0 Å². The molecule has 2 rings (SSSR count). The van der Waals surface area contributed by atoms with Crippen molar-refractivity contribution >= 4 is 0 Å². The molecule has 0 aliphatic heterocycles. The Kier molecular flexibility index (Phi) is 3.09. The van der Waals surface area contributed by atoms with Crippen LogP contribution in [0.1, 0.15) is 52.9 Å². The lowest BCUT2D eigenvalue weighted by Crippen LogP contribution is -2.50. The van der Waals surface area contributed by atoms with E-state index in [0.717, 1.165) is 25.4 Å². The molecule has 2 aliphatic carbocycles. The second kappa shape index (κ2) is 4.06. The van der Waals surface area contributed by atoms with E-state index < -0.39 is 0 Å². The molecule has 0 bridgehead atoms. The molecule has 2 atom stereocenters. The van der Waals surface area contributed by atoms with Crippen molar-refractivity contribution in [2.45, 2.75) is 71.1 Å². The van der Waals surface area contributed by atoms with Crippen LogP contribution >= 0.6 is 0 Å². The van der Waals surface area contributed by atoms with Gasteiger partial charge in [-0.1, -0.05) is 20.8 Å². The van der Waals surface area contributed by atoms with Gasteiger partial charge in [0.25, 0.3) is 0 Å². The largest absolute Gasteiger partial charge is 0.393 e. The molecule has 2 heteroatoms. The van der Waals surface area contributed by atoms with Crippen molar-refractivity contribution in [1.82, 2.24) is 4.90 Å². The second-order valence-electron chi connectivity index (χ2n) is 5.99. The molecular formula is C13H25NO. The number of hydrogen-bond donors (Lipinski definition) is 1. The summed E-state index contributed by atoms with van der Waals surface area (Å²) < 4.78 is 0. The maximum absolute atomic E-state index is 9.83. The first-order valence-electron chi connectivity index (χ1n) is 6.48. The lowest BCUT2D eigenvalue weighted by molar-refractivity contribution is -0.0131. The molecule has 2 nitrogen and oxygen atoms in total. The number of aliphatic hydroxyl groups excluding tert-OH is 1. The molecule has 2 aliphatic rings. The van der Waals surface area contributed by atoms with E-state index in [1.807, 2.05) is 0 Å². The zero-order chi connectivity index (χ0) is 11.1. The Bertz CT molecular complexity index is 223. The first-order chi connectivity index (χ1) is 7.04. The highest BCUT2D eigenvalue weighted by Gasteiger charge is 2.43. The van der Waals surface area contributed by atoms with Crippen molar-refractivity contribution in [3.63, 3.8) is 0 Å². The van der Waals surface area contributed by atoms with E-state index >= 15 is 0 Å². The van der Waals surface area contributed by atoms with Gasteiger partial charge in [-0.05, 0) is 44.1 Å². The van der Waals surface area contributed by atoms with Crippen LogP contribution in [0.4, 0.5) is 0 Å². The Balaban J connectivity index is 2.08. The highest BCUT2D eigenvalue weighted by atomic mass is 16.3. The molecule has 0 spiro atoms. The Hall–Kier alpha value is -0.0800. The zero-order valence-corrected chi connectivity index (χ0v) is 10.4. The molecule has 0 aromatic rings. The molecule has 2 saturated carbocycles. The van der Waals surface area contributed by atoms with Crippen LogP contribution in [-0.4, -0.2) is 34.7 Å². The summed E-state index contributed by atoms with van der Waals surface area (Å²) >= 11 is 0. The fourth-order valence-electron chi connectivity index (χ4n) is 3.12. The van der Waals surface area contributed by atoms with Crippen molar-refractivity contribution in [3.8, 4) is 0 Å². The van der Waals surface area contributed by atoms with Gasteiger partial charge in [-0.2, -0.15) is 0 Å². The predicted molar refractivity (Wildman–Crippen MR) is 62.8 cm³/mol. The maximum Gasteiger partial charge on any atom is 0.0555 e. The van der Waals surface area contributed by atoms with Crippen LogP contribution in [0.5, 0.6) is 0 Å². The quantitative estimate of drug-likeness (QED) is 0.775. The van der Waals surface area contributed by atoms with Crippen molar-refractivity contribution in [1.29, 1.82) is 0 Å². The highest BCUT2D eigenvalue weighted by Crippen LogP contribution is 2.42. The van der Waals surface area contributed by atoms with Crippen molar-refractivity contribution in [2.75, 3.05) is 6.54 Å². The fourth-order valence-corrected chi connectivity index (χ4v) is 3.12. The minimum atomic E-state index is -0.0594. The van der Waals surface area contributed by atoms with Crippen LogP contribution in [0, 0.1) is 5.41 Å². The monoisotopic (exact) mass is 211 g/mol. The molecule has 0 radical (unpaired) electrons. The molecule has 88 valence electrons. The predicted octanol–water partition coefficient (Wildman–Crippen LogP) is 2.41. The minimum Gasteiger partial charge on any atom is -0.393 e. The Labute approximate surface area is 93.7 Å². The first-order valence-corrected chi connectivity index (χ1v) is 6.48. The number of rotatable bonds is 3. The molecule has 0 aromatic heterocycles. The summed E-state index contributed by atoms with van der Waals surface area (Å²) in [6.45, 7) is 8.14. The van der Waals surface area contributed by atoms with E-state index in [1.54, 1.807) is 0 Å². The molecule has 0 amide bonds. The third kappa shape index (κ3) is 2.36. The average molecular weight is 211 g/mol. The minimum absolute atomic E-state index is 0.0594. The summed E-state index contributed by atoms with van der Waals surface area (Å²) in [5.41, 5.74) is 0.387. The van der Waals surface area contributed by atoms with Crippen LogP contribution in [0.15, 0.2) is 0 Å². The smallest absolute Gasteiger partial charge is 0.0555 e. The summed E-state index contributed by atoms with van der Waals surface area (Å²) in [4.78, 5) is 2.64. The lowest BCUT2D eigenvalue weighted by atomic mass is 9.71. The standard InChI is InChI=1S/C13H25NO/c1-4-14(10-5-6-10)12-9-11(15)7-8-13(12,2)3/h10-12,15H,4-9H2,1-3H3. The van der Waals surface area contributed by atoms with E-state index in [1.165, 1.54) is 19.3 Å². The normalized spacial score (nSPS) is 35.8. The maximum atomic E-state index is 9.83. The molecule has 0 saturated heterocycles. The third-order valence-corrected chi connectivity index (χ3v) is 4.30. The third-order valence-electron chi connectivity index (χ3n) is 4.30. The fraction of sp³-hybridized carbons (Fsp3) is 1.00. The van der Waals surface area contributed by atoms with Crippen LogP contribution in [0.25, 0.3) is 0 Å². The number of aliphatic hydroxyl groups is 1. The van der Waals surface area contributed by atoms with Crippen LogP contribution in [0.3, 0.4) is 0 Å². The van der Waals surface area contributed by atoms with Gasteiger partial charge in [-0.3, -0.25) is 4.90 Å². The van der Waals surface area contributed by atoms with Gasteiger partial charge < -0.3 is 5.11 Å². The van der Waals surface area contributed by atoms with Crippen LogP contribution in [0.2, 0.25) is 0 Å². The van der Waals surface area contributed by atoms with Gasteiger partial charge in [0, 0.05) is 12.1 Å². The summed E-state index contributed by atoms with van der Waals surface area (Å²) in [6, 6.07) is 1.42.